The molecule has 4 heteroatoms. The molecule has 11 heavy (non-hydrogen) atoms. The van der Waals surface area contributed by atoms with Gasteiger partial charge < -0.3 is 11.3 Å². The van der Waals surface area contributed by atoms with Gasteiger partial charge in [-0.2, -0.15) is 0 Å². The van der Waals surface area contributed by atoms with Gasteiger partial charge in [0.25, 0.3) is 0 Å². The van der Waals surface area contributed by atoms with E-state index in [9.17, 15) is 4.79 Å². The zero-order valence-corrected chi connectivity index (χ0v) is 9.04. The van der Waals surface area contributed by atoms with Crippen molar-refractivity contribution < 1.29 is 45.6 Å². The second-order valence-corrected chi connectivity index (χ2v) is 1.88. The van der Waals surface area contributed by atoms with E-state index in [2.05, 4.69) is 11.3 Å². The minimum absolute atomic E-state index is 0. The van der Waals surface area contributed by atoms with Crippen LogP contribution in [0.15, 0.2) is 12.7 Å². The molecule has 0 aromatic carbocycles. The fraction of sp³-hybridized carbons (Fsp3) is 0.571. The molecule has 0 aliphatic carbocycles. The molecule has 0 radical (unpaired) electrons. The summed E-state index contributed by atoms with van der Waals surface area (Å²) >= 11 is 0. The molecule has 0 amide bonds. The average molecular weight is 168 g/mol. The van der Waals surface area contributed by atoms with E-state index in [0.29, 0.717) is 6.42 Å². The number of aliphatic hydroxyl groups is 1. The number of rotatable bonds is 4. The van der Waals surface area contributed by atoms with Crippen molar-refractivity contribution in [3.63, 3.8) is 0 Å². The van der Waals surface area contributed by atoms with Crippen molar-refractivity contribution >= 4 is 5.97 Å². The second-order valence-electron chi connectivity index (χ2n) is 1.88. The predicted octanol–water partition coefficient (Wildman–Crippen LogP) is -2.05. The number of esters is 1. The topological polar surface area (TPSA) is 46.5 Å². The van der Waals surface area contributed by atoms with Crippen LogP contribution in [0.1, 0.15) is 21.2 Å². The van der Waals surface area contributed by atoms with Crippen LogP contribution in [0.4, 0.5) is 0 Å². The first kappa shape index (κ1) is 13.7. The van der Waals surface area contributed by atoms with E-state index in [1.54, 1.807) is 0 Å². The van der Waals surface area contributed by atoms with Gasteiger partial charge in [0.15, 0.2) is 0 Å². The van der Waals surface area contributed by atoms with Crippen LogP contribution < -0.4 is 29.6 Å². The van der Waals surface area contributed by atoms with Gasteiger partial charge in [-0.1, -0.05) is 19.9 Å². The van der Waals surface area contributed by atoms with Crippen LogP contribution in [0.3, 0.4) is 0 Å². The third-order valence-electron chi connectivity index (χ3n) is 0.954. The number of carbonyl (C=O) groups is 1. The van der Waals surface area contributed by atoms with E-state index >= 15 is 0 Å². The average Bonchev–Trinajstić information content (AvgIpc) is 1.88. The molecule has 0 aliphatic heterocycles. The Bertz CT molecular complexity index is 130. The summed E-state index contributed by atoms with van der Waals surface area (Å²) in [5.74, 6) is -0.582. The Morgan fingerprint density at radius 1 is 1.91 bits per heavy atom. The molecule has 1 unspecified atom stereocenters. The predicted molar refractivity (Wildman–Crippen MR) is 38.3 cm³/mol. The minimum Gasteiger partial charge on any atom is -1.00 e. The number of hydrogen-bond acceptors (Lipinski definition) is 3. The molecule has 0 spiro atoms. The van der Waals surface area contributed by atoms with Crippen molar-refractivity contribution in [1.29, 1.82) is 0 Å². The van der Waals surface area contributed by atoms with Crippen molar-refractivity contribution in [2.75, 3.05) is 0 Å². The summed E-state index contributed by atoms with van der Waals surface area (Å²) in [6.45, 7) is 5.08. The van der Waals surface area contributed by atoms with Crippen molar-refractivity contribution in [3.05, 3.63) is 12.7 Å². The summed E-state index contributed by atoms with van der Waals surface area (Å²) in [6, 6.07) is 0. The molecule has 0 aromatic heterocycles. The minimum atomic E-state index is -0.976. The summed E-state index contributed by atoms with van der Waals surface area (Å²) in [6.07, 6.45) is 1.31. The molecule has 3 nitrogen and oxygen atoms in total. The van der Waals surface area contributed by atoms with Crippen LogP contribution in [0.5, 0.6) is 0 Å². The zero-order chi connectivity index (χ0) is 7.98. The van der Waals surface area contributed by atoms with Gasteiger partial charge in [0.05, 0.1) is 0 Å². The van der Waals surface area contributed by atoms with Gasteiger partial charge in [-0.25, -0.2) is 4.79 Å². The smallest absolute Gasteiger partial charge is 1.00 e. The Labute approximate surface area is 90.2 Å². The Balaban J connectivity index is -0.000000405. The summed E-state index contributed by atoms with van der Waals surface area (Å²) in [5, 5.41) is 8.86. The first-order valence-corrected chi connectivity index (χ1v) is 3.21. The maximum absolute atomic E-state index is 10.4. The molecule has 0 aromatic rings. The third kappa shape index (κ3) is 8.07. The summed E-state index contributed by atoms with van der Waals surface area (Å²) in [7, 11) is 0. The van der Waals surface area contributed by atoms with Gasteiger partial charge in [-0.15, -0.1) is 0 Å². The van der Waals surface area contributed by atoms with Gasteiger partial charge in [0.2, 0.25) is 6.29 Å². The standard InChI is InChI=1S/C7H12O3.Na.H/c1-3-5-7(9)10-6(8)4-2;;/h4,7,9H,2-3,5H2,1H3;;/q;+1;-1. The molecule has 1 N–H and O–H groups in total. The van der Waals surface area contributed by atoms with Crippen molar-refractivity contribution in [2.45, 2.75) is 26.1 Å². The Morgan fingerprint density at radius 2 is 2.45 bits per heavy atom. The SMILES string of the molecule is C=CC(=O)OC(O)CCC.[H-].[Na+]. The van der Waals surface area contributed by atoms with Gasteiger partial charge >= 0.3 is 35.5 Å². The quantitative estimate of drug-likeness (QED) is 0.227. The van der Waals surface area contributed by atoms with Gasteiger partial charge in [0, 0.05) is 12.5 Å². The van der Waals surface area contributed by atoms with Crippen molar-refractivity contribution in [2.24, 2.45) is 0 Å². The van der Waals surface area contributed by atoms with Gasteiger partial charge in [0.1, 0.15) is 0 Å². The monoisotopic (exact) mass is 168 g/mol. The number of hydrogen-bond donors (Lipinski definition) is 1. The fourth-order valence-electron chi connectivity index (χ4n) is 0.488. The van der Waals surface area contributed by atoms with Crippen LogP contribution >= 0.6 is 0 Å². The Kier molecular flexibility index (Phi) is 10.3. The Morgan fingerprint density at radius 3 is 2.82 bits per heavy atom. The fourth-order valence-corrected chi connectivity index (χ4v) is 0.488. The van der Waals surface area contributed by atoms with E-state index < -0.39 is 12.3 Å². The summed E-state index contributed by atoms with van der Waals surface area (Å²) in [5.41, 5.74) is 0. The molecule has 1 atom stereocenters. The molecule has 0 bridgehead atoms. The normalized spacial score (nSPS) is 11.1. The largest absolute Gasteiger partial charge is 1.00 e. The third-order valence-corrected chi connectivity index (χ3v) is 0.954. The first-order valence-electron chi connectivity index (χ1n) is 3.21. The zero-order valence-electron chi connectivity index (χ0n) is 8.04. The van der Waals surface area contributed by atoms with Crippen LogP contribution in [0.25, 0.3) is 0 Å². The summed E-state index contributed by atoms with van der Waals surface area (Å²) < 4.78 is 4.44. The number of ether oxygens (including phenoxy) is 1. The maximum atomic E-state index is 10.4. The molecule has 0 heterocycles. The van der Waals surface area contributed by atoms with Crippen molar-refractivity contribution in [3.8, 4) is 0 Å². The van der Waals surface area contributed by atoms with E-state index in [0.717, 1.165) is 12.5 Å². The molecule has 0 fully saturated rings. The van der Waals surface area contributed by atoms with Crippen LogP contribution in [-0.2, 0) is 9.53 Å². The van der Waals surface area contributed by atoms with Gasteiger partial charge in [-0.05, 0) is 0 Å². The molecule has 0 aliphatic rings. The molecule has 0 saturated heterocycles. The first-order chi connectivity index (χ1) is 4.70. The molecule has 0 rings (SSSR count). The van der Waals surface area contributed by atoms with E-state index in [4.69, 9.17) is 5.11 Å². The molecule has 60 valence electrons. The van der Waals surface area contributed by atoms with Crippen molar-refractivity contribution in [1.82, 2.24) is 0 Å². The molecule has 0 saturated carbocycles. The van der Waals surface area contributed by atoms with Gasteiger partial charge in [-0.3, -0.25) is 0 Å². The Hall–Kier alpha value is 0.170. The second kappa shape index (κ2) is 8.27. The van der Waals surface area contributed by atoms with E-state index in [-0.39, 0.29) is 31.0 Å². The van der Waals surface area contributed by atoms with Crippen LogP contribution in [0, 0.1) is 0 Å². The summed E-state index contributed by atoms with van der Waals surface area (Å²) in [4.78, 5) is 10.4. The maximum Gasteiger partial charge on any atom is 1.00 e. The molecular formula is C7H13NaO3. The van der Waals surface area contributed by atoms with E-state index in [1.165, 1.54) is 0 Å². The van der Waals surface area contributed by atoms with Crippen LogP contribution in [0.2, 0.25) is 0 Å². The van der Waals surface area contributed by atoms with Crippen LogP contribution in [-0.4, -0.2) is 17.4 Å². The number of carbonyl (C=O) groups excluding carboxylic acids is 1. The molecular weight excluding hydrogens is 155 g/mol. The number of aliphatic hydroxyl groups excluding tert-OH is 1. The van der Waals surface area contributed by atoms with E-state index in [1.807, 2.05) is 6.92 Å².